The number of hydrogen-bond acceptors (Lipinski definition) is 3. The maximum atomic E-state index is 6.14. The number of nitrogens with zero attached hydrogens (tertiary/aromatic N) is 2. The molecule has 1 aromatic heterocycles. The Labute approximate surface area is 114 Å². The van der Waals surface area contributed by atoms with Crippen LogP contribution in [-0.2, 0) is 5.54 Å². The molecule has 0 fully saturated rings. The molecule has 0 aliphatic heterocycles. The van der Waals surface area contributed by atoms with Gasteiger partial charge in [0, 0.05) is 16.8 Å². The van der Waals surface area contributed by atoms with Crippen molar-refractivity contribution in [3.8, 4) is 11.4 Å². The highest BCUT2D eigenvalue weighted by Crippen LogP contribution is 2.23. The van der Waals surface area contributed by atoms with E-state index in [2.05, 4.69) is 5.10 Å². The first-order valence-electron chi connectivity index (χ1n) is 6.50. The van der Waals surface area contributed by atoms with Gasteiger partial charge in [-0.25, -0.2) is 4.68 Å². The Morgan fingerprint density at radius 2 is 1.89 bits per heavy atom. The molecule has 2 rings (SSSR count). The highest BCUT2D eigenvalue weighted by Gasteiger charge is 2.20. The van der Waals surface area contributed by atoms with Crippen molar-refractivity contribution >= 4 is 0 Å². The van der Waals surface area contributed by atoms with E-state index < -0.39 is 0 Å². The zero-order chi connectivity index (χ0) is 14.0. The summed E-state index contributed by atoms with van der Waals surface area (Å²) >= 11 is 0. The van der Waals surface area contributed by atoms with Gasteiger partial charge in [-0.15, -0.1) is 0 Å². The minimum atomic E-state index is -0.381. The lowest BCUT2D eigenvalue weighted by molar-refractivity contribution is 0.340. The van der Waals surface area contributed by atoms with E-state index >= 15 is 0 Å². The van der Waals surface area contributed by atoms with Gasteiger partial charge in [-0.2, -0.15) is 5.10 Å². The summed E-state index contributed by atoms with van der Waals surface area (Å²) in [5.41, 5.74) is 8.89. The zero-order valence-corrected chi connectivity index (χ0v) is 12.0. The van der Waals surface area contributed by atoms with E-state index in [0.29, 0.717) is 6.61 Å². The third-order valence-corrected chi connectivity index (χ3v) is 3.10. The third kappa shape index (κ3) is 2.79. The number of ether oxygens (including phenoxy) is 1. The minimum Gasteiger partial charge on any atom is -0.494 e. The van der Waals surface area contributed by atoms with E-state index in [1.807, 2.05) is 62.8 Å². The van der Waals surface area contributed by atoms with Crippen LogP contribution < -0.4 is 10.5 Å². The van der Waals surface area contributed by atoms with Gasteiger partial charge in [0.1, 0.15) is 5.75 Å². The molecule has 4 nitrogen and oxygen atoms in total. The fourth-order valence-corrected chi connectivity index (χ4v) is 2.15. The normalized spacial score (nSPS) is 11.6. The molecule has 1 heterocycles. The molecule has 0 aliphatic rings. The molecule has 0 bridgehead atoms. The Hall–Kier alpha value is -1.81. The molecule has 1 aromatic carbocycles. The molecule has 0 atom stereocenters. The predicted octanol–water partition coefficient (Wildman–Crippen LogP) is 2.77. The van der Waals surface area contributed by atoms with Crippen LogP contribution in [0.5, 0.6) is 5.75 Å². The molecule has 0 radical (unpaired) electrons. The van der Waals surface area contributed by atoms with Crippen LogP contribution in [0, 0.1) is 6.92 Å². The summed E-state index contributed by atoms with van der Waals surface area (Å²) in [5, 5.41) is 4.42. The van der Waals surface area contributed by atoms with Crippen molar-refractivity contribution in [3.05, 3.63) is 41.7 Å². The SMILES string of the molecule is CCOc1ccc(-n2ncc(C(C)(C)N)c2C)cc1. The van der Waals surface area contributed by atoms with E-state index in [0.717, 1.165) is 22.7 Å². The van der Waals surface area contributed by atoms with E-state index in [1.165, 1.54) is 0 Å². The standard InChI is InChI=1S/C15H21N3O/c1-5-19-13-8-6-12(7-9-13)18-11(2)14(10-17-18)15(3,4)16/h6-10H,5,16H2,1-4H3. The summed E-state index contributed by atoms with van der Waals surface area (Å²) < 4.78 is 7.34. The molecule has 102 valence electrons. The summed E-state index contributed by atoms with van der Waals surface area (Å²) in [6.45, 7) is 8.65. The lowest BCUT2D eigenvalue weighted by Crippen LogP contribution is -2.29. The molecule has 2 N–H and O–H groups in total. The Morgan fingerprint density at radius 3 is 2.37 bits per heavy atom. The van der Waals surface area contributed by atoms with Gasteiger partial charge < -0.3 is 10.5 Å². The molecule has 2 aromatic rings. The molecule has 0 amide bonds. The highest BCUT2D eigenvalue weighted by molar-refractivity contribution is 5.40. The lowest BCUT2D eigenvalue weighted by Gasteiger charge is -2.18. The van der Waals surface area contributed by atoms with Crippen molar-refractivity contribution in [1.29, 1.82) is 0 Å². The molecule has 0 saturated carbocycles. The lowest BCUT2D eigenvalue weighted by atomic mass is 9.97. The van der Waals surface area contributed by atoms with Crippen LogP contribution in [0.3, 0.4) is 0 Å². The molecule has 0 aliphatic carbocycles. The summed E-state index contributed by atoms with van der Waals surface area (Å²) in [6, 6.07) is 7.90. The quantitative estimate of drug-likeness (QED) is 0.918. The fourth-order valence-electron chi connectivity index (χ4n) is 2.15. The Kier molecular flexibility index (Phi) is 3.62. The molecule has 0 saturated heterocycles. The first kappa shape index (κ1) is 13.6. The molecule has 19 heavy (non-hydrogen) atoms. The van der Waals surface area contributed by atoms with Crippen LogP contribution in [-0.4, -0.2) is 16.4 Å². The number of nitrogens with two attached hydrogens (primary N) is 1. The molecular formula is C15H21N3O. The van der Waals surface area contributed by atoms with Gasteiger partial charge in [-0.3, -0.25) is 0 Å². The molecular weight excluding hydrogens is 238 g/mol. The minimum absolute atomic E-state index is 0.381. The smallest absolute Gasteiger partial charge is 0.119 e. The molecule has 4 heteroatoms. The maximum absolute atomic E-state index is 6.14. The van der Waals surface area contributed by atoms with Crippen LogP contribution in [0.1, 0.15) is 32.0 Å². The van der Waals surface area contributed by atoms with E-state index in [4.69, 9.17) is 10.5 Å². The van der Waals surface area contributed by atoms with Gasteiger partial charge >= 0.3 is 0 Å². The van der Waals surface area contributed by atoms with Gasteiger partial charge in [0.2, 0.25) is 0 Å². The van der Waals surface area contributed by atoms with Gasteiger partial charge in [-0.05, 0) is 52.0 Å². The van der Waals surface area contributed by atoms with Crippen molar-refractivity contribution < 1.29 is 4.74 Å². The van der Waals surface area contributed by atoms with Gasteiger partial charge in [0.15, 0.2) is 0 Å². The predicted molar refractivity (Wildman–Crippen MR) is 76.7 cm³/mol. The average Bonchev–Trinajstić information content (AvgIpc) is 2.72. The van der Waals surface area contributed by atoms with Gasteiger partial charge in [-0.1, -0.05) is 0 Å². The second-order valence-electron chi connectivity index (χ2n) is 5.20. The van der Waals surface area contributed by atoms with E-state index in [1.54, 1.807) is 0 Å². The summed E-state index contributed by atoms with van der Waals surface area (Å²) in [6.07, 6.45) is 1.84. The first-order valence-corrected chi connectivity index (χ1v) is 6.50. The van der Waals surface area contributed by atoms with Crippen LogP contribution in [0.25, 0.3) is 5.69 Å². The third-order valence-electron chi connectivity index (χ3n) is 3.10. The van der Waals surface area contributed by atoms with Crippen LogP contribution in [0.2, 0.25) is 0 Å². The van der Waals surface area contributed by atoms with Crippen molar-refractivity contribution in [2.24, 2.45) is 5.73 Å². The molecule has 0 spiro atoms. The maximum Gasteiger partial charge on any atom is 0.119 e. The number of benzene rings is 1. The van der Waals surface area contributed by atoms with Crippen molar-refractivity contribution in [3.63, 3.8) is 0 Å². The zero-order valence-electron chi connectivity index (χ0n) is 12.0. The first-order chi connectivity index (χ1) is 8.93. The van der Waals surface area contributed by atoms with Crippen LogP contribution in [0.15, 0.2) is 30.5 Å². The topological polar surface area (TPSA) is 53.1 Å². The monoisotopic (exact) mass is 259 g/mol. The van der Waals surface area contributed by atoms with Gasteiger partial charge in [0.05, 0.1) is 18.5 Å². The number of rotatable bonds is 4. The van der Waals surface area contributed by atoms with Crippen LogP contribution in [0.4, 0.5) is 0 Å². The second-order valence-corrected chi connectivity index (χ2v) is 5.20. The Morgan fingerprint density at radius 1 is 1.26 bits per heavy atom. The van der Waals surface area contributed by atoms with Gasteiger partial charge in [0.25, 0.3) is 0 Å². The van der Waals surface area contributed by atoms with E-state index in [-0.39, 0.29) is 5.54 Å². The van der Waals surface area contributed by atoms with Crippen molar-refractivity contribution in [2.45, 2.75) is 33.2 Å². The summed E-state index contributed by atoms with van der Waals surface area (Å²) in [4.78, 5) is 0. The number of hydrogen-bond donors (Lipinski definition) is 1. The van der Waals surface area contributed by atoms with Crippen molar-refractivity contribution in [1.82, 2.24) is 9.78 Å². The fraction of sp³-hybridized carbons (Fsp3) is 0.400. The van der Waals surface area contributed by atoms with Crippen LogP contribution >= 0.6 is 0 Å². The highest BCUT2D eigenvalue weighted by atomic mass is 16.5. The number of aromatic nitrogens is 2. The average molecular weight is 259 g/mol. The Balaban J connectivity index is 2.35. The largest absolute Gasteiger partial charge is 0.494 e. The second kappa shape index (κ2) is 5.05. The summed E-state index contributed by atoms with van der Waals surface area (Å²) in [7, 11) is 0. The molecule has 0 unspecified atom stereocenters. The van der Waals surface area contributed by atoms with E-state index in [9.17, 15) is 0 Å². The Bertz CT molecular complexity index is 550. The summed E-state index contributed by atoms with van der Waals surface area (Å²) in [5.74, 6) is 0.871. The van der Waals surface area contributed by atoms with Crippen molar-refractivity contribution in [2.75, 3.05) is 6.61 Å².